The first-order valence-electron chi connectivity index (χ1n) is 7.46. The number of aryl methyl sites for hydroxylation is 1. The van der Waals surface area contributed by atoms with Gasteiger partial charge >= 0.3 is 0 Å². The minimum atomic E-state index is 0.285. The van der Waals surface area contributed by atoms with E-state index in [0.717, 1.165) is 13.0 Å². The summed E-state index contributed by atoms with van der Waals surface area (Å²) in [4.78, 5) is 0. The van der Waals surface area contributed by atoms with Crippen LogP contribution in [0.1, 0.15) is 50.8 Å². The van der Waals surface area contributed by atoms with E-state index >= 15 is 0 Å². The first-order chi connectivity index (χ1) is 9.04. The van der Waals surface area contributed by atoms with Crippen molar-refractivity contribution in [1.82, 2.24) is 5.32 Å². The second-order valence-electron chi connectivity index (χ2n) is 6.65. The van der Waals surface area contributed by atoms with E-state index in [-0.39, 0.29) is 6.61 Å². The zero-order valence-corrected chi connectivity index (χ0v) is 12.4. The molecule has 1 aliphatic rings. The van der Waals surface area contributed by atoms with Gasteiger partial charge in [0, 0.05) is 12.6 Å². The number of fused-ring (bicyclic) bond motifs is 1. The lowest BCUT2D eigenvalue weighted by molar-refractivity contribution is 0.195. The molecule has 0 fully saturated rings. The third-order valence-corrected chi connectivity index (χ3v) is 4.48. The third-order valence-electron chi connectivity index (χ3n) is 4.48. The quantitative estimate of drug-likeness (QED) is 0.852. The second kappa shape index (κ2) is 6.06. The highest BCUT2D eigenvalue weighted by molar-refractivity contribution is 5.34. The highest BCUT2D eigenvalue weighted by Gasteiger charge is 2.35. The van der Waals surface area contributed by atoms with Crippen molar-refractivity contribution in [3.05, 3.63) is 35.4 Å². The maximum absolute atomic E-state index is 9.01. The molecule has 106 valence electrons. The second-order valence-corrected chi connectivity index (χ2v) is 6.65. The molecule has 0 saturated heterocycles. The van der Waals surface area contributed by atoms with Crippen LogP contribution in [0.4, 0.5) is 0 Å². The van der Waals surface area contributed by atoms with E-state index in [2.05, 4.69) is 50.4 Å². The predicted octanol–water partition coefficient (Wildman–Crippen LogP) is 3.31. The topological polar surface area (TPSA) is 32.3 Å². The van der Waals surface area contributed by atoms with Crippen molar-refractivity contribution in [2.75, 3.05) is 13.2 Å². The Morgan fingerprint density at radius 2 is 2.11 bits per heavy atom. The average Bonchev–Trinajstić information content (AvgIpc) is 2.37. The van der Waals surface area contributed by atoms with Gasteiger partial charge in [0.2, 0.25) is 0 Å². The van der Waals surface area contributed by atoms with Crippen LogP contribution in [-0.2, 0) is 6.42 Å². The summed E-state index contributed by atoms with van der Waals surface area (Å²) in [7, 11) is 0. The average molecular weight is 261 g/mol. The van der Waals surface area contributed by atoms with Crippen LogP contribution in [0.5, 0.6) is 0 Å². The van der Waals surface area contributed by atoms with E-state index in [1.807, 2.05) is 0 Å². The maximum Gasteiger partial charge on any atom is 0.0434 e. The molecule has 0 radical (unpaired) electrons. The van der Waals surface area contributed by atoms with E-state index in [9.17, 15) is 0 Å². The number of nitrogens with one attached hydrogen (secondary N) is 1. The van der Waals surface area contributed by atoms with Crippen molar-refractivity contribution < 1.29 is 5.11 Å². The lowest BCUT2D eigenvalue weighted by Gasteiger charge is -2.41. The summed E-state index contributed by atoms with van der Waals surface area (Å²) in [5.74, 6) is 0.523. The largest absolute Gasteiger partial charge is 0.396 e. The molecular formula is C17H27NO. The summed E-state index contributed by atoms with van der Waals surface area (Å²) < 4.78 is 0. The van der Waals surface area contributed by atoms with Gasteiger partial charge in [-0.15, -0.1) is 0 Å². The Morgan fingerprint density at radius 1 is 1.37 bits per heavy atom. The van der Waals surface area contributed by atoms with Gasteiger partial charge in [0.05, 0.1) is 0 Å². The molecule has 0 aliphatic heterocycles. The molecule has 0 heterocycles. The first kappa shape index (κ1) is 14.5. The molecule has 1 aromatic carbocycles. The lowest BCUT2D eigenvalue weighted by atomic mass is 9.70. The van der Waals surface area contributed by atoms with E-state index in [4.69, 9.17) is 5.11 Å². The van der Waals surface area contributed by atoms with Crippen molar-refractivity contribution in [1.29, 1.82) is 0 Å². The molecule has 0 saturated carbocycles. The summed E-state index contributed by atoms with van der Waals surface area (Å²) in [5.41, 5.74) is 3.26. The molecule has 1 aliphatic carbocycles. The summed E-state index contributed by atoms with van der Waals surface area (Å²) >= 11 is 0. The standard InChI is InChI=1S/C17H27NO/c1-13(9-11-19)12-18-16-15-7-5-4-6-14(15)8-10-17(16,2)3/h4-7,13,16,18-19H,8-12H2,1-3H3. The fourth-order valence-electron chi connectivity index (χ4n) is 3.09. The molecule has 0 aromatic heterocycles. The molecule has 2 atom stereocenters. The number of benzene rings is 1. The van der Waals surface area contributed by atoms with E-state index < -0.39 is 0 Å². The molecule has 2 rings (SSSR count). The lowest BCUT2D eigenvalue weighted by Crippen LogP contribution is -2.39. The van der Waals surface area contributed by atoms with E-state index in [1.165, 1.54) is 24.0 Å². The van der Waals surface area contributed by atoms with Gasteiger partial charge in [0.25, 0.3) is 0 Å². The van der Waals surface area contributed by atoms with Crippen LogP contribution in [0.15, 0.2) is 24.3 Å². The summed E-state index contributed by atoms with van der Waals surface area (Å²) in [6.45, 7) is 8.18. The Balaban J connectivity index is 2.12. The summed E-state index contributed by atoms with van der Waals surface area (Å²) in [6, 6.07) is 9.24. The van der Waals surface area contributed by atoms with Gasteiger partial charge in [0.15, 0.2) is 0 Å². The Kier molecular flexibility index (Phi) is 4.64. The third kappa shape index (κ3) is 3.37. The fourth-order valence-corrected chi connectivity index (χ4v) is 3.09. The van der Waals surface area contributed by atoms with Crippen LogP contribution in [0, 0.1) is 11.3 Å². The summed E-state index contributed by atoms with van der Waals surface area (Å²) in [6.07, 6.45) is 3.30. The molecule has 19 heavy (non-hydrogen) atoms. The highest BCUT2D eigenvalue weighted by Crippen LogP contribution is 2.43. The smallest absolute Gasteiger partial charge is 0.0434 e. The van der Waals surface area contributed by atoms with Crippen LogP contribution in [-0.4, -0.2) is 18.3 Å². The zero-order chi connectivity index (χ0) is 13.9. The SMILES string of the molecule is CC(CCO)CNC1c2ccccc2CCC1(C)C. The van der Waals surface area contributed by atoms with Crippen LogP contribution < -0.4 is 5.32 Å². The highest BCUT2D eigenvalue weighted by atomic mass is 16.3. The van der Waals surface area contributed by atoms with Gasteiger partial charge in [-0.2, -0.15) is 0 Å². The van der Waals surface area contributed by atoms with Crippen LogP contribution in [0.3, 0.4) is 0 Å². The summed E-state index contributed by atoms with van der Waals surface area (Å²) in [5, 5.41) is 12.7. The molecule has 2 N–H and O–H groups in total. The van der Waals surface area contributed by atoms with Gasteiger partial charge < -0.3 is 10.4 Å². The zero-order valence-electron chi connectivity index (χ0n) is 12.4. The molecular weight excluding hydrogens is 234 g/mol. The van der Waals surface area contributed by atoms with Gasteiger partial charge in [-0.05, 0) is 48.3 Å². The molecule has 0 spiro atoms. The van der Waals surface area contributed by atoms with E-state index in [0.29, 0.717) is 17.4 Å². The molecule has 0 bridgehead atoms. The van der Waals surface area contributed by atoms with Crippen LogP contribution >= 0.6 is 0 Å². The number of hydrogen-bond donors (Lipinski definition) is 2. The first-order valence-corrected chi connectivity index (χ1v) is 7.46. The Hall–Kier alpha value is -0.860. The number of rotatable bonds is 5. The van der Waals surface area contributed by atoms with Crippen molar-refractivity contribution in [3.8, 4) is 0 Å². The maximum atomic E-state index is 9.01. The van der Waals surface area contributed by atoms with Gasteiger partial charge in [0.1, 0.15) is 0 Å². The number of hydrogen-bond acceptors (Lipinski definition) is 2. The normalized spacial score (nSPS) is 22.8. The molecule has 2 unspecified atom stereocenters. The molecule has 1 aromatic rings. The monoisotopic (exact) mass is 261 g/mol. The number of aliphatic hydroxyl groups excluding tert-OH is 1. The van der Waals surface area contributed by atoms with E-state index in [1.54, 1.807) is 0 Å². The predicted molar refractivity (Wildman–Crippen MR) is 80.2 cm³/mol. The number of aliphatic hydroxyl groups is 1. The van der Waals surface area contributed by atoms with Gasteiger partial charge in [-0.1, -0.05) is 45.0 Å². The minimum absolute atomic E-state index is 0.285. The Bertz CT molecular complexity index is 413. The van der Waals surface area contributed by atoms with Crippen molar-refractivity contribution >= 4 is 0 Å². The van der Waals surface area contributed by atoms with Crippen molar-refractivity contribution in [3.63, 3.8) is 0 Å². The molecule has 2 heteroatoms. The van der Waals surface area contributed by atoms with Gasteiger partial charge in [-0.3, -0.25) is 0 Å². The van der Waals surface area contributed by atoms with Crippen molar-refractivity contribution in [2.24, 2.45) is 11.3 Å². The van der Waals surface area contributed by atoms with Crippen molar-refractivity contribution in [2.45, 2.75) is 46.1 Å². The van der Waals surface area contributed by atoms with Crippen LogP contribution in [0.25, 0.3) is 0 Å². The Labute approximate surface area is 117 Å². The fraction of sp³-hybridized carbons (Fsp3) is 0.647. The Morgan fingerprint density at radius 3 is 2.84 bits per heavy atom. The van der Waals surface area contributed by atoms with Gasteiger partial charge in [-0.25, -0.2) is 0 Å². The molecule has 0 amide bonds. The minimum Gasteiger partial charge on any atom is -0.396 e. The molecule has 2 nitrogen and oxygen atoms in total. The van der Waals surface area contributed by atoms with Crippen LogP contribution in [0.2, 0.25) is 0 Å².